The van der Waals surface area contributed by atoms with Crippen LogP contribution in [0, 0.1) is 39.9 Å². The molecule has 2 bridgehead atoms. The molecule has 3 saturated carbocycles. The maximum atomic E-state index is 13.3. The molecule has 0 aromatic carbocycles. The summed E-state index contributed by atoms with van der Waals surface area (Å²) in [6, 6.07) is 0. The van der Waals surface area contributed by atoms with Crippen molar-refractivity contribution in [2.45, 2.75) is 71.6 Å². The molecule has 0 radical (unpaired) electrons. The second-order valence-corrected chi connectivity index (χ2v) is 10.00. The molecule has 2 spiro atoms. The van der Waals surface area contributed by atoms with Crippen LogP contribution in [0.1, 0.15) is 52.9 Å². The molecule has 5 aliphatic rings. The van der Waals surface area contributed by atoms with E-state index in [1.165, 1.54) is 0 Å². The minimum Gasteiger partial charge on any atom is -0.461 e. The topological polar surface area (TPSA) is 93.1 Å². The fraction of sp³-hybridized carbons (Fsp3) is 0.900. The Bertz CT molecular complexity index is 688. The van der Waals surface area contributed by atoms with Crippen molar-refractivity contribution in [3.8, 4) is 0 Å². The number of Topliss-reactive ketones (excluding diaryl/α,β-unsaturated/α-hetero) is 1. The molecule has 9 atom stereocenters. The van der Waals surface area contributed by atoms with Gasteiger partial charge in [-0.1, -0.05) is 20.8 Å². The Hall–Kier alpha value is -0.980. The highest BCUT2D eigenvalue weighted by Crippen LogP contribution is 2.72. The summed E-state index contributed by atoms with van der Waals surface area (Å²) < 4.78 is 11.5. The van der Waals surface area contributed by atoms with Gasteiger partial charge in [0.2, 0.25) is 0 Å². The van der Waals surface area contributed by atoms with Gasteiger partial charge in [-0.2, -0.15) is 0 Å². The Labute approximate surface area is 153 Å². The van der Waals surface area contributed by atoms with Crippen molar-refractivity contribution < 1.29 is 29.3 Å². The van der Waals surface area contributed by atoms with Gasteiger partial charge in [0.1, 0.15) is 11.5 Å². The molecule has 0 aromatic rings. The van der Waals surface area contributed by atoms with Gasteiger partial charge in [-0.15, -0.1) is 0 Å². The molecule has 6 heteroatoms. The molecule has 26 heavy (non-hydrogen) atoms. The van der Waals surface area contributed by atoms with Crippen LogP contribution in [-0.4, -0.2) is 40.6 Å². The van der Waals surface area contributed by atoms with E-state index in [0.717, 1.165) is 12.8 Å². The Morgan fingerprint density at radius 1 is 1.12 bits per heavy atom. The Morgan fingerprint density at radius 2 is 1.85 bits per heavy atom. The first-order valence-corrected chi connectivity index (χ1v) is 9.94. The van der Waals surface area contributed by atoms with Crippen molar-refractivity contribution in [1.82, 2.24) is 0 Å². The molecule has 0 amide bonds. The van der Waals surface area contributed by atoms with E-state index in [2.05, 4.69) is 13.8 Å². The molecule has 2 heterocycles. The van der Waals surface area contributed by atoms with Gasteiger partial charge < -0.3 is 19.7 Å². The Balaban J connectivity index is 1.73. The molecule has 6 nitrogen and oxygen atoms in total. The van der Waals surface area contributed by atoms with Crippen LogP contribution in [0.25, 0.3) is 0 Å². The van der Waals surface area contributed by atoms with Crippen LogP contribution < -0.4 is 0 Å². The number of hydrogen-bond donors (Lipinski definition) is 2. The third-order valence-electron chi connectivity index (χ3n) is 8.75. The number of carbonyl (C=O) groups is 2. The van der Waals surface area contributed by atoms with Crippen LogP contribution >= 0.6 is 0 Å². The predicted octanol–water partition coefficient (Wildman–Crippen LogP) is 1.62. The van der Waals surface area contributed by atoms with Gasteiger partial charge in [-0.05, 0) is 49.4 Å². The van der Waals surface area contributed by atoms with Crippen LogP contribution in [0.3, 0.4) is 0 Å². The highest BCUT2D eigenvalue weighted by atomic mass is 16.7. The molecule has 3 aliphatic carbocycles. The molecule has 5 rings (SSSR count). The number of aliphatic hydroxyl groups excluding tert-OH is 2. The van der Waals surface area contributed by atoms with E-state index in [-0.39, 0.29) is 34.9 Å². The summed E-state index contributed by atoms with van der Waals surface area (Å²) in [5.41, 5.74) is -2.35. The molecule has 144 valence electrons. The van der Waals surface area contributed by atoms with Gasteiger partial charge in [-0.3, -0.25) is 9.59 Å². The summed E-state index contributed by atoms with van der Waals surface area (Å²) >= 11 is 0. The second kappa shape index (κ2) is 4.89. The molecule has 2 saturated heterocycles. The van der Waals surface area contributed by atoms with E-state index in [4.69, 9.17) is 9.47 Å². The lowest BCUT2D eigenvalue weighted by molar-refractivity contribution is -0.268. The van der Waals surface area contributed by atoms with Crippen molar-refractivity contribution in [1.29, 1.82) is 0 Å². The number of ether oxygens (including phenoxy) is 2. The van der Waals surface area contributed by atoms with Crippen LogP contribution in [0.4, 0.5) is 0 Å². The quantitative estimate of drug-likeness (QED) is 0.501. The van der Waals surface area contributed by atoms with E-state index >= 15 is 0 Å². The minimum atomic E-state index is -1.22. The molecule has 2 N–H and O–H groups in total. The van der Waals surface area contributed by atoms with Crippen molar-refractivity contribution in [3.05, 3.63) is 0 Å². The summed E-state index contributed by atoms with van der Waals surface area (Å²) in [6.07, 6.45) is 0.658. The average Bonchev–Trinajstić information content (AvgIpc) is 2.96. The summed E-state index contributed by atoms with van der Waals surface area (Å²) in [6.45, 7) is 6.07. The second-order valence-electron chi connectivity index (χ2n) is 10.00. The highest BCUT2D eigenvalue weighted by molar-refractivity contribution is 6.07. The van der Waals surface area contributed by atoms with Gasteiger partial charge in [0.25, 0.3) is 0 Å². The van der Waals surface area contributed by atoms with Crippen LogP contribution in [-0.2, 0) is 19.1 Å². The van der Waals surface area contributed by atoms with Gasteiger partial charge in [-0.25, -0.2) is 0 Å². The number of aliphatic hydroxyl groups is 2. The minimum absolute atomic E-state index is 0.0291. The average molecular weight is 364 g/mol. The maximum Gasteiger partial charge on any atom is 0.320 e. The third-order valence-corrected chi connectivity index (χ3v) is 8.75. The number of carbonyl (C=O) groups excluding carboxylic acids is 2. The van der Waals surface area contributed by atoms with E-state index < -0.39 is 35.5 Å². The largest absolute Gasteiger partial charge is 0.461 e. The first-order valence-electron chi connectivity index (χ1n) is 9.94. The van der Waals surface area contributed by atoms with Gasteiger partial charge in [0.05, 0.1) is 5.41 Å². The zero-order valence-corrected chi connectivity index (χ0v) is 15.6. The third kappa shape index (κ3) is 1.62. The molecule has 0 unspecified atom stereocenters. The predicted molar refractivity (Wildman–Crippen MR) is 89.4 cm³/mol. The Kier molecular flexibility index (Phi) is 3.22. The SMILES string of the molecule is C[C@H]1C(=O)[C@]23C[C@H]1CC[C@H]2[C@]12[C@H](CCC(C)(C)[C@H]1[C@H](O)O[C@@H]2O)OC3=O. The number of ketones is 1. The van der Waals surface area contributed by atoms with Crippen LogP contribution in [0.2, 0.25) is 0 Å². The number of esters is 1. The van der Waals surface area contributed by atoms with E-state index in [1.54, 1.807) is 0 Å². The van der Waals surface area contributed by atoms with Gasteiger partial charge in [0, 0.05) is 11.8 Å². The normalized spacial score (nSPS) is 57.2. The summed E-state index contributed by atoms with van der Waals surface area (Å²) in [5, 5.41) is 21.7. The monoisotopic (exact) mass is 364 g/mol. The zero-order valence-electron chi connectivity index (χ0n) is 15.6. The van der Waals surface area contributed by atoms with E-state index in [9.17, 15) is 19.8 Å². The first-order chi connectivity index (χ1) is 12.2. The van der Waals surface area contributed by atoms with E-state index in [1.807, 2.05) is 6.92 Å². The number of hydrogen-bond acceptors (Lipinski definition) is 6. The fourth-order valence-corrected chi connectivity index (χ4v) is 7.68. The smallest absolute Gasteiger partial charge is 0.320 e. The lowest BCUT2D eigenvalue weighted by atomic mass is 9.43. The number of rotatable bonds is 0. The van der Waals surface area contributed by atoms with Crippen molar-refractivity contribution in [2.75, 3.05) is 0 Å². The lowest BCUT2D eigenvalue weighted by Crippen LogP contribution is -2.70. The van der Waals surface area contributed by atoms with Crippen LogP contribution in [0.5, 0.6) is 0 Å². The lowest BCUT2D eigenvalue weighted by Gasteiger charge is -2.62. The molecule has 5 fully saturated rings. The van der Waals surface area contributed by atoms with Crippen molar-refractivity contribution in [2.24, 2.45) is 39.9 Å². The first kappa shape index (κ1) is 17.1. The maximum absolute atomic E-state index is 13.3. The van der Waals surface area contributed by atoms with Gasteiger partial charge in [0.15, 0.2) is 18.4 Å². The van der Waals surface area contributed by atoms with E-state index in [0.29, 0.717) is 19.3 Å². The molecule has 2 aliphatic heterocycles. The number of fused-ring (bicyclic) bond motifs is 1. The zero-order chi connectivity index (χ0) is 18.6. The molecular formula is C20H28O6. The summed E-state index contributed by atoms with van der Waals surface area (Å²) in [4.78, 5) is 26.4. The fourth-order valence-electron chi connectivity index (χ4n) is 7.68. The van der Waals surface area contributed by atoms with Crippen LogP contribution in [0.15, 0.2) is 0 Å². The van der Waals surface area contributed by atoms with Crippen molar-refractivity contribution >= 4 is 11.8 Å². The summed E-state index contributed by atoms with van der Waals surface area (Å²) in [5.74, 6) is -1.06. The van der Waals surface area contributed by atoms with Gasteiger partial charge >= 0.3 is 5.97 Å². The molecule has 0 aromatic heterocycles. The standard InChI is InChI=1S/C20H28O6/c1-9-10-4-5-11-19(8-10,14(9)21)16(23)25-12-6-7-18(2,3)13-15(22)26-17(24)20(11,12)13/h9-13,15,17,22,24H,4-8H2,1-3H3/t9-,10-,11-,12+,13-,15-,17+,19+,20+/m1/s1. The molecular weight excluding hydrogens is 336 g/mol. The highest BCUT2D eigenvalue weighted by Gasteiger charge is 2.80. The van der Waals surface area contributed by atoms with Crippen molar-refractivity contribution in [3.63, 3.8) is 0 Å². The summed E-state index contributed by atoms with van der Waals surface area (Å²) in [7, 11) is 0. The Morgan fingerprint density at radius 3 is 2.58 bits per heavy atom.